The molecule has 8 heteroatoms. The molecule has 0 saturated carbocycles. The number of carbonyl (C=O) groups excluding carboxylic acids is 2. The van der Waals surface area contributed by atoms with E-state index in [-0.39, 0.29) is 31.6 Å². The molecule has 2 aromatic heterocycles. The fraction of sp³-hybridized carbons (Fsp3) is 0.417. The molecule has 0 bridgehead atoms. The summed E-state index contributed by atoms with van der Waals surface area (Å²) < 4.78 is 79.1. The van der Waals surface area contributed by atoms with Crippen molar-refractivity contribution in [3.05, 3.63) is 51.4 Å². The first-order valence-electron chi connectivity index (χ1n) is 14.5. The summed E-state index contributed by atoms with van der Waals surface area (Å²) >= 11 is 4.79. The Labute approximate surface area is 213 Å². The van der Waals surface area contributed by atoms with Gasteiger partial charge in [-0.1, -0.05) is 12.1 Å². The van der Waals surface area contributed by atoms with Gasteiger partial charge in [-0.25, -0.2) is 0 Å². The Balaban J connectivity index is 1.57. The fourth-order valence-electron chi connectivity index (χ4n) is 3.77. The van der Waals surface area contributed by atoms with Crippen molar-refractivity contribution >= 4 is 49.3 Å². The van der Waals surface area contributed by atoms with Crippen LogP contribution in [0.15, 0.2) is 40.2 Å². The van der Waals surface area contributed by atoms with Gasteiger partial charge in [0.1, 0.15) is 11.4 Å². The molecule has 3 aromatic rings. The van der Waals surface area contributed by atoms with Crippen LogP contribution in [0, 0.1) is 5.92 Å². The Morgan fingerprint density at radius 1 is 1.31 bits per heavy atom. The van der Waals surface area contributed by atoms with E-state index in [9.17, 15) is 9.59 Å². The van der Waals surface area contributed by atoms with Gasteiger partial charge in [0.05, 0.1) is 25.2 Å². The molecule has 3 heterocycles. The molecule has 1 N–H and O–H groups in total. The summed E-state index contributed by atoms with van der Waals surface area (Å²) in [4.78, 5) is 28.1. The van der Waals surface area contributed by atoms with Gasteiger partial charge in [0.15, 0.2) is 0 Å². The minimum atomic E-state index is -3.29. The van der Waals surface area contributed by atoms with Crippen LogP contribution in [0.1, 0.15) is 54.9 Å². The average molecular weight is 528 g/mol. The minimum absolute atomic E-state index is 0.0948. The lowest BCUT2D eigenvalue weighted by Gasteiger charge is -2.32. The normalized spacial score (nSPS) is 20.6. The van der Waals surface area contributed by atoms with E-state index in [1.54, 1.807) is 36.4 Å². The number of aromatic nitrogens is 1. The van der Waals surface area contributed by atoms with Crippen molar-refractivity contribution in [2.24, 2.45) is 5.92 Å². The SMILES string of the molecule is [2H]C([2H])(c1ccc(OC)cc1)n1c(C(=O)N2CCC(C(=O)NC([2H])(C([2H])([2H])[2H])C([2H])([2H])[2H])CC2)cc2sc(Br)cc21. The van der Waals surface area contributed by atoms with E-state index in [4.69, 9.17) is 17.1 Å². The Bertz CT molecular complexity index is 1430. The number of hydrogen-bond acceptors (Lipinski definition) is 4. The highest BCUT2D eigenvalue weighted by atomic mass is 79.9. The number of fused-ring (bicyclic) bond motifs is 1. The van der Waals surface area contributed by atoms with E-state index >= 15 is 0 Å². The van der Waals surface area contributed by atoms with Crippen LogP contribution in [-0.2, 0) is 11.3 Å². The largest absolute Gasteiger partial charge is 0.497 e. The highest BCUT2D eigenvalue weighted by molar-refractivity contribution is 9.11. The second kappa shape index (κ2) is 9.67. The van der Waals surface area contributed by atoms with Crippen molar-refractivity contribution < 1.29 is 26.7 Å². The van der Waals surface area contributed by atoms with Crippen LogP contribution in [0.3, 0.4) is 0 Å². The molecule has 32 heavy (non-hydrogen) atoms. The van der Waals surface area contributed by atoms with E-state index in [0.29, 0.717) is 21.5 Å². The number of thiophene rings is 1. The summed E-state index contributed by atoms with van der Waals surface area (Å²) in [5.74, 6) is -1.56. The zero-order valence-electron chi connectivity index (χ0n) is 26.3. The molecule has 1 aromatic carbocycles. The van der Waals surface area contributed by atoms with Crippen molar-refractivity contribution in [2.75, 3.05) is 20.2 Å². The monoisotopic (exact) mass is 526 g/mol. The van der Waals surface area contributed by atoms with Gasteiger partial charge < -0.3 is 19.5 Å². The van der Waals surface area contributed by atoms with E-state index in [1.807, 2.05) is 5.32 Å². The Morgan fingerprint density at radius 3 is 2.69 bits per heavy atom. The van der Waals surface area contributed by atoms with Crippen LogP contribution in [-0.4, -0.2) is 47.5 Å². The zero-order chi connectivity index (χ0) is 30.5. The highest BCUT2D eigenvalue weighted by Crippen LogP contribution is 2.34. The Hall–Kier alpha value is -2.32. The Kier molecular flexibility index (Phi) is 4.24. The summed E-state index contributed by atoms with van der Waals surface area (Å²) in [7, 11) is 1.51. The number of carbonyl (C=O) groups is 2. The molecule has 0 radical (unpaired) electrons. The molecule has 1 aliphatic heterocycles. The predicted molar refractivity (Wildman–Crippen MR) is 132 cm³/mol. The quantitative estimate of drug-likeness (QED) is 0.496. The number of nitrogens with one attached hydrogen (secondary N) is 1. The lowest BCUT2D eigenvalue weighted by atomic mass is 9.95. The van der Waals surface area contributed by atoms with Gasteiger partial charge in [-0.3, -0.25) is 9.59 Å². The molecule has 1 fully saturated rings. The number of benzene rings is 1. The minimum Gasteiger partial charge on any atom is -0.497 e. The van der Waals surface area contributed by atoms with Gasteiger partial charge in [0, 0.05) is 39.7 Å². The van der Waals surface area contributed by atoms with E-state index in [1.165, 1.54) is 27.9 Å². The maximum Gasteiger partial charge on any atom is 0.270 e. The number of nitrogens with zero attached hydrogens (tertiary/aromatic N) is 2. The first-order valence-corrected chi connectivity index (χ1v) is 11.6. The molecule has 2 amide bonds. The number of piperidine rings is 1. The lowest BCUT2D eigenvalue weighted by Crippen LogP contribution is -2.44. The smallest absolute Gasteiger partial charge is 0.270 e. The number of likely N-dealkylation sites (tertiary alicyclic amines) is 1. The number of rotatable bonds is 6. The average Bonchev–Trinajstić information content (AvgIpc) is 3.43. The highest BCUT2D eigenvalue weighted by Gasteiger charge is 2.30. The summed E-state index contributed by atoms with van der Waals surface area (Å²) in [6.07, 6.45) is 0.225. The third-order valence-corrected chi connectivity index (χ3v) is 6.99. The van der Waals surface area contributed by atoms with Crippen molar-refractivity contribution in [3.63, 3.8) is 0 Å². The molecular formula is C24H28BrN3O3S. The van der Waals surface area contributed by atoms with Gasteiger partial charge in [-0.15, -0.1) is 11.3 Å². The van der Waals surface area contributed by atoms with Crippen LogP contribution in [0.2, 0.25) is 0 Å². The summed E-state index contributed by atoms with van der Waals surface area (Å²) in [6, 6.07) is 6.67. The first kappa shape index (κ1) is 14.1. The fourth-order valence-corrected chi connectivity index (χ4v) is 5.31. The van der Waals surface area contributed by atoms with E-state index < -0.39 is 44.0 Å². The number of halogens is 1. The van der Waals surface area contributed by atoms with Gasteiger partial charge in [0.2, 0.25) is 5.91 Å². The van der Waals surface area contributed by atoms with Crippen LogP contribution < -0.4 is 10.1 Å². The number of ether oxygens (including phenoxy) is 1. The van der Waals surface area contributed by atoms with Crippen LogP contribution >= 0.6 is 27.3 Å². The molecule has 4 rings (SSSR count). The maximum absolute atomic E-state index is 13.8. The second-order valence-electron chi connectivity index (χ2n) is 7.44. The molecule has 6 nitrogen and oxygen atoms in total. The zero-order valence-corrected chi connectivity index (χ0v) is 19.7. The van der Waals surface area contributed by atoms with Crippen LogP contribution in [0.4, 0.5) is 0 Å². The number of amides is 2. The lowest BCUT2D eigenvalue weighted by molar-refractivity contribution is -0.126. The predicted octanol–water partition coefficient (Wildman–Crippen LogP) is 4.90. The summed E-state index contributed by atoms with van der Waals surface area (Å²) in [6.45, 7) is -8.50. The van der Waals surface area contributed by atoms with Gasteiger partial charge >= 0.3 is 0 Å². The second-order valence-corrected chi connectivity index (χ2v) is 9.90. The molecule has 0 spiro atoms. The first-order chi connectivity index (χ1) is 18.9. The van der Waals surface area contributed by atoms with Crippen LogP contribution in [0.25, 0.3) is 10.2 Å². The molecule has 0 atom stereocenters. The number of hydrogen-bond donors (Lipinski definition) is 1. The van der Waals surface area contributed by atoms with Crippen molar-refractivity contribution in [1.82, 2.24) is 14.8 Å². The van der Waals surface area contributed by atoms with Gasteiger partial charge in [-0.2, -0.15) is 0 Å². The topological polar surface area (TPSA) is 63.6 Å². The molecular weight excluding hydrogens is 490 g/mol. The van der Waals surface area contributed by atoms with E-state index in [0.717, 1.165) is 3.79 Å². The van der Waals surface area contributed by atoms with Crippen LogP contribution in [0.5, 0.6) is 5.75 Å². The molecule has 0 unspecified atom stereocenters. The third kappa shape index (κ3) is 4.86. The summed E-state index contributed by atoms with van der Waals surface area (Å²) in [5.41, 5.74) is 0.962. The standard InChI is InChI=1S/C24H28BrN3O3S/c1-15(2)26-23(29)17-8-10-27(11-9-17)24(30)20-12-21-19(13-22(25)32-21)28(20)14-16-4-6-18(31-3)7-5-16/h4-7,12-13,15,17H,8-11,14H2,1-3H3,(H,26,29)/i1D3,2D3,14D2,15D. The Morgan fingerprint density at radius 2 is 2.03 bits per heavy atom. The van der Waals surface area contributed by atoms with Crippen molar-refractivity contribution in [1.29, 1.82) is 0 Å². The number of methoxy groups -OCH3 is 1. The van der Waals surface area contributed by atoms with Gasteiger partial charge in [-0.05, 0) is 72.3 Å². The van der Waals surface area contributed by atoms with E-state index in [2.05, 4.69) is 15.9 Å². The summed E-state index contributed by atoms with van der Waals surface area (Å²) in [5, 5.41) is 1.93. The third-order valence-electron chi connectivity index (χ3n) is 5.41. The molecule has 170 valence electrons. The molecule has 1 saturated heterocycles. The molecule has 1 aliphatic rings. The maximum atomic E-state index is 13.8. The molecule has 0 aliphatic carbocycles. The van der Waals surface area contributed by atoms with Crippen molar-refractivity contribution in [2.45, 2.75) is 39.1 Å². The van der Waals surface area contributed by atoms with Crippen molar-refractivity contribution in [3.8, 4) is 5.75 Å². The van der Waals surface area contributed by atoms with Gasteiger partial charge in [0.25, 0.3) is 5.91 Å².